The van der Waals surface area contributed by atoms with Gasteiger partial charge in [-0.3, -0.25) is 4.79 Å². The van der Waals surface area contributed by atoms with Gasteiger partial charge in [0.15, 0.2) is 0 Å². The van der Waals surface area contributed by atoms with E-state index in [4.69, 9.17) is 26.8 Å². The summed E-state index contributed by atoms with van der Waals surface area (Å²) >= 11 is 6.01. The molecule has 0 aliphatic carbocycles. The highest BCUT2D eigenvalue weighted by molar-refractivity contribution is 7.50. The SMILES string of the molecule is COc1cc(N)c(Cl)cc1C(=O)NC1CCN(P(=O)(O)OC)CC1OC. The number of carbonyl (C=O) groups excluding carboxylic acids is 1. The van der Waals surface area contributed by atoms with Crippen LogP contribution in [0.1, 0.15) is 16.8 Å². The molecule has 1 heterocycles. The molecule has 0 saturated carbocycles. The first-order valence-corrected chi connectivity index (χ1v) is 9.75. The van der Waals surface area contributed by atoms with Gasteiger partial charge in [0.1, 0.15) is 5.75 Å². The number of hydrogen-bond donors (Lipinski definition) is 3. The molecule has 1 aliphatic heterocycles. The molecule has 1 saturated heterocycles. The molecule has 3 unspecified atom stereocenters. The van der Waals surface area contributed by atoms with Crippen molar-refractivity contribution in [1.29, 1.82) is 0 Å². The zero-order valence-electron chi connectivity index (χ0n) is 14.8. The van der Waals surface area contributed by atoms with Crippen LogP contribution in [0.3, 0.4) is 0 Å². The zero-order chi connectivity index (χ0) is 19.5. The highest BCUT2D eigenvalue weighted by atomic mass is 35.5. The lowest BCUT2D eigenvalue weighted by atomic mass is 10.0. The van der Waals surface area contributed by atoms with Crippen molar-refractivity contribution in [2.75, 3.05) is 40.2 Å². The van der Waals surface area contributed by atoms with E-state index in [0.717, 1.165) is 0 Å². The maximum atomic E-state index is 12.7. The van der Waals surface area contributed by atoms with E-state index in [1.807, 2.05) is 0 Å². The van der Waals surface area contributed by atoms with Crippen molar-refractivity contribution >= 4 is 30.9 Å². The fourth-order valence-corrected chi connectivity index (χ4v) is 3.94. The number of benzene rings is 1. The monoisotopic (exact) mass is 407 g/mol. The van der Waals surface area contributed by atoms with Crippen molar-refractivity contribution in [3.8, 4) is 5.75 Å². The van der Waals surface area contributed by atoms with Gasteiger partial charge in [-0.1, -0.05) is 11.6 Å². The molecule has 2 rings (SSSR count). The van der Waals surface area contributed by atoms with Crippen molar-refractivity contribution in [2.45, 2.75) is 18.6 Å². The predicted molar refractivity (Wildman–Crippen MR) is 97.5 cm³/mol. The van der Waals surface area contributed by atoms with E-state index in [2.05, 4.69) is 9.84 Å². The molecular weight excluding hydrogens is 385 g/mol. The van der Waals surface area contributed by atoms with Gasteiger partial charge in [0.25, 0.3) is 5.91 Å². The van der Waals surface area contributed by atoms with Crippen LogP contribution in [-0.4, -0.2) is 62.0 Å². The van der Waals surface area contributed by atoms with E-state index >= 15 is 0 Å². The number of nitrogens with two attached hydrogens (primary N) is 1. The lowest BCUT2D eigenvalue weighted by molar-refractivity contribution is 0.0208. The molecule has 9 nitrogen and oxygen atoms in total. The van der Waals surface area contributed by atoms with Gasteiger partial charge in [0, 0.05) is 33.4 Å². The Labute approximate surface area is 156 Å². The van der Waals surface area contributed by atoms with Crippen molar-refractivity contribution in [3.63, 3.8) is 0 Å². The van der Waals surface area contributed by atoms with E-state index in [1.54, 1.807) is 0 Å². The van der Waals surface area contributed by atoms with Gasteiger partial charge in [-0.15, -0.1) is 0 Å². The van der Waals surface area contributed by atoms with E-state index in [-0.39, 0.29) is 29.7 Å². The largest absolute Gasteiger partial charge is 0.496 e. The quantitative estimate of drug-likeness (QED) is 0.479. The van der Waals surface area contributed by atoms with Crippen LogP contribution in [0.5, 0.6) is 5.75 Å². The molecule has 0 aromatic heterocycles. The average molecular weight is 408 g/mol. The van der Waals surface area contributed by atoms with Gasteiger partial charge >= 0.3 is 7.75 Å². The van der Waals surface area contributed by atoms with E-state index in [9.17, 15) is 14.3 Å². The third-order valence-corrected chi connectivity index (χ3v) is 6.20. The van der Waals surface area contributed by atoms with Crippen LogP contribution in [-0.2, 0) is 13.8 Å². The van der Waals surface area contributed by atoms with Crippen LogP contribution in [0.4, 0.5) is 5.69 Å². The second kappa shape index (κ2) is 8.56. The van der Waals surface area contributed by atoms with Crippen LogP contribution in [0, 0.1) is 0 Å². The third-order valence-electron chi connectivity index (χ3n) is 4.32. The van der Waals surface area contributed by atoms with E-state index in [1.165, 1.54) is 38.1 Å². The van der Waals surface area contributed by atoms with Gasteiger partial charge < -0.3 is 29.9 Å². The summed E-state index contributed by atoms with van der Waals surface area (Å²) in [6.45, 7) is 0.411. The number of nitrogens with one attached hydrogen (secondary N) is 1. The highest BCUT2D eigenvalue weighted by Crippen LogP contribution is 2.46. The van der Waals surface area contributed by atoms with Crippen LogP contribution in [0.25, 0.3) is 0 Å². The molecule has 0 bridgehead atoms. The van der Waals surface area contributed by atoms with Crippen molar-refractivity contribution in [2.24, 2.45) is 0 Å². The average Bonchev–Trinajstić information content (AvgIpc) is 2.63. The molecule has 146 valence electrons. The summed E-state index contributed by atoms with van der Waals surface area (Å²) in [5, 5.41) is 3.11. The Morgan fingerprint density at radius 1 is 1.42 bits per heavy atom. The summed E-state index contributed by atoms with van der Waals surface area (Å²) < 4.78 is 28.5. The van der Waals surface area contributed by atoms with Crippen LogP contribution >= 0.6 is 19.3 Å². The minimum absolute atomic E-state index is 0.142. The Morgan fingerprint density at radius 3 is 2.69 bits per heavy atom. The first-order chi connectivity index (χ1) is 12.2. The summed E-state index contributed by atoms with van der Waals surface area (Å²) in [5.41, 5.74) is 6.28. The van der Waals surface area contributed by atoms with Crippen LogP contribution in [0.15, 0.2) is 12.1 Å². The topological polar surface area (TPSA) is 123 Å². The van der Waals surface area contributed by atoms with Gasteiger partial charge in [-0.05, 0) is 12.5 Å². The molecule has 1 aliphatic rings. The minimum Gasteiger partial charge on any atom is -0.496 e. The normalized spacial score (nSPS) is 23.3. The van der Waals surface area contributed by atoms with Crippen molar-refractivity contribution in [1.82, 2.24) is 9.99 Å². The number of ether oxygens (including phenoxy) is 2. The van der Waals surface area contributed by atoms with Crippen LogP contribution < -0.4 is 15.8 Å². The smallest absolute Gasteiger partial charge is 0.405 e. The molecule has 1 aromatic carbocycles. The zero-order valence-corrected chi connectivity index (χ0v) is 16.4. The summed E-state index contributed by atoms with van der Waals surface area (Å²) in [6.07, 6.45) is -0.0815. The van der Waals surface area contributed by atoms with Crippen molar-refractivity contribution < 1.29 is 28.3 Å². The molecule has 1 amide bonds. The predicted octanol–water partition coefficient (Wildman–Crippen LogP) is 1.50. The molecule has 0 radical (unpaired) electrons. The number of anilines is 1. The number of nitrogen functional groups attached to an aromatic ring is 1. The highest BCUT2D eigenvalue weighted by Gasteiger charge is 2.38. The first-order valence-electron chi connectivity index (χ1n) is 7.84. The van der Waals surface area contributed by atoms with Crippen molar-refractivity contribution in [3.05, 3.63) is 22.7 Å². The first kappa shape index (κ1) is 21.0. The maximum absolute atomic E-state index is 12.7. The molecule has 26 heavy (non-hydrogen) atoms. The molecular formula is C15H23ClN3O6P. The molecule has 0 spiro atoms. The number of halogens is 1. The number of hydrogen-bond acceptors (Lipinski definition) is 6. The number of nitrogens with zero attached hydrogens (tertiary/aromatic N) is 1. The number of rotatable bonds is 6. The molecule has 3 atom stereocenters. The Balaban J connectivity index is 2.14. The number of piperidine rings is 1. The Morgan fingerprint density at radius 2 is 2.12 bits per heavy atom. The van der Waals surface area contributed by atoms with Gasteiger partial charge in [-0.25, -0.2) is 9.24 Å². The van der Waals surface area contributed by atoms with Gasteiger partial charge in [0.2, 0.25) is 0 Å². The van der Waals surface area contributed by atoms with E-state index in [0.29, 0.717) is 17.9 Å². The Hall–Kier alpha value is -1.35. The fourth-order valence-electron chi connectivity index (χ4n) is 2.81. The van der Waals surface area contributed by atoms with Gasteiger partial charge in [0.05, 0.1) is 35.5 Å². The number of methoxy groups -OCH3 is 2. The second-order valence-corrected chi connectivity index (χ2v) is 8.12. The molecule has 1 aromatic rings. The summed E-state index contributed by atoms with van der Waals surface area (Å²) in [7, 11) is 0.226. The summed E-state index contributed by atoms with van der Waals surface area (Å²) in [6, 6.07) is 2.56. The summed E-state index contributed by atoms with van der Waals surface area (Å²) in [5.74, 6) is -0.0989. The second-order valence-electron chi connectivity index (χ2n) is 5.80. The summed E-state index contributed by atoms with van der Waals surface area (Å²) in [4.78, 5) is 22.5. The molecule has 4 N–H and O–H groups in total. The lowest BCUT2D eigenvalue weighted by Gasteiger charge is -2.38. The molecule has 11 heteroatoms. The molecule has 1 fully saturated rings. The lowest BCUT2D eigenvalue weighted by Crippen LogP contribution is -2.54. The van der Waals surface area contributed by atoms with E-state index < -0.39 is 19.8 Å². The maximum Gasteiger partial charge on any atom is 0.405 e. The Kier molecular flexibility index (Phi) is 6.90. The standard InChI is InChI=1S/C15H23ClN3O6P/c1-23-13-7-11(17)10(16)6-9(13)15(20)18-12-4-5-19(8-14(12)24-2)26(21,22)25-3/h6-7,12,14H,4-5,8,17H2,1-3H3,(H,18,20)(H,21,22). The number of amides is 1. The number of carbonyl (C=O) groups is 1. The third kappa shape index (κ3) is 4.49. The Bertz CT molecular complexity index is 719. The fraction of sp³-hybridized carbons (Fsp3) is 0.533. The minimum atomic E-state index is -3.85. The van der Waals surface area contributed by atoms with Crippen LogP contribution in [0.2, 0.25) is 5.02 Å². The van der Waals surface area contributed by atoms with Gasteiger partial charge in [-0.2, -0.15) is 0 Å².